The third-order valence-corrected chi connectivity index (χ3v) is 4.84. The number of hydrogen-bond donors (Lipinski definition) is 0. The average Bonchev–Trinajstić information content (AvgIpc) is 2.30. The summed E-state index contributed by atoms with van der Waals surface area (Å²) in [7, 11) is 0. The zero-order chi connectivity index (χ0) is 11.5. The Morgan fingerprint density at radius 2 is 1.00 bits per heavy atom. The zero-order valence-corrected chi connectivity index (χ0v) is 13.5. The quantitative estimate of drug-likeness (QED) is 0.650. The van der Waals surface area contributed by atoms with Gasteiger partial charge in [-0.1, -0.05) is 0 Å². The van der Waals surface area contributed by atoms with Gasteiger partial charge in [-0.05, 0) is 0 Å². The third kappa shape index (κ3) is 2.91. The minimum absolute atomic E-state index is 0.773. The van der Waals surface area contributed by atoms with E-state index in [1.54, 1.807) is 0 Å². The Labute approximate surface area is 119 Å². The molecule has 0 spiro atoms. The summed E-state index contributed by atoms with van der Waals surface area (Å²) in [6, 6.07) is 15.9. The van der Waals surface area contributed by atoms with Crippen LogP contribution >= 0.6 is 23.2 Å². The molecule has 2 aromatic rings. The Balaban J connectivity index is 2.32. The summed E-state index contributed by atoms with van der Waals surface area (Å²) in [6.07, 6.45) is 0. The van der Waals surface area contributed by atoms with Gasteiger partial charge in [0.15, 0.2) is 0 Å². The molecule has 0 aliphatic heterocycles. The second-order valence-corrected chi connectivity index (χ2v) is 6.06. The molecule has 0 nitrogen and oxygen atoms in total. The molecule has 16 heavy (non-hydrogen) atoms. The van der Waals surface area contributed by atoms with Gasteiger partial charge < -0.3 is 0 Å². The summed E-state index contributed by atoms with van der Waals surface area (Å²) < 4.78 is 1.35. The van der Waals surface area contributed by atoms with Crippen molar-refractivity contribution in [1.29, 1.82) is 0 Å². The Bertz CT molecular complexity index is 453. The van der Waals surface area contributed by atoms with E-state index in [0.29, 0.717) is 0 Å². The second-order valence-electron chi connectivity index (χ2n) is 3.39. The third-order valence-electron chi connectivity index (χ3n) is 2.27. The predicted octanol–water partition coefficient (Wildman–Crippen LogP) is 4.11. The van der Waals surface area contributed by atoms with Crippen molar-refractivity contribution in [2.45, 2.75) is 0 Å². The van der Waals surface area contributed by atoms with Crippen molar-refractivity contribution in [3.05, 3.63) is 69.7 Å². The summed E-state index contributed by atoms with van der Waals surface area (Å²) in [5.74, 6) is 0. The topological polar surface area (TPSA) is 0 Å². The molecule has 0 radical (unpaired) electrons. The normalized spacial score (nSPS) is 10.2. The van der Waals surface area contributed by atoms with Crippen LogP contribution in [0, 0.1) is 0 Å². The molecule has 0 heterocycles. The molecular formula is C13H8Cl2Hf+2. The molecule has 2 aromatic carbocycles. The maximum atomic E-state index is 5.87. The summed E-state index contributed by atoms with van der Waals surface area (Å²) in [4.78, 5) is 0. The fraction of sp³-hybridized carbons (Fsp3) is 0. The van der Waals surface area contributed by atoms with Crippen molar-refractivity contribution in [1.82, 2.24) is 0 Å². The first-order chi connectivity index (χ1) is 7.66. The molecule has 0 amide bonds. The van der Waals surface area contributed by atoms with Crippen LogP contribution in [0.1, 0.15) is 11.1 Å². The van der Waals surface area contributed by atoms with E-state index in [1.807, 2.05) is 24.3 Å². The molecule has 0 aliphatic carbocycles. The number of hydrogen-bond acceptors (Lipinski definition) is 0. The summed E-state index contributed by atoms with van der Waals surface area (Å²) in [5.41, 5.74) is 2.47. The van der Waals surface area contributed by atoms with E-state index in [0.717, 1.165) is 33.9 Å². The van der Waals surface area contributed by atoms with Crippen LogP contribution in [0.25, 0.3) is 0 Å². The van der Waals surface area contributed by atoms with Gasteiger partial charge in [-0.25, -0.2) is 0 Å². The monoisotopic (exact) mass is 414 g/mol. The maximum absolute atomic E-state index is 5.87. The molecule has 0 bridgehead atoms. The van der Waals surface area contributed by atoms with Gasteiger partial charge in [-0.15, -0.1) is 0 Å². The fourth-order valence-corrected chi connectivity index (χ4v) is 2.85. The molecule has 0 N–H and O–H groups in total. The molecule has 0 aromatic heterocycles. The van der Waals surface area contributed by atoms with E-state index >= 15 is 0 Å². The van der Waals surface area contributed by atoms with E-state index in [4.69, 9.17) is 23.2 Å². The van der Waals surface area contributed by atoms with E-state index in [-0.39, 0.29) is 0 Å². The Morgan fingerprint density at radius 1 is 0.688 bits per heavy atom. The molecule has 0 saturated carbocycles. The second kappa shape index (κ2) is 5.39. The first-order valence-corrected chi connectivity index (χ1v) is 7.32. The first-order valence-electron chi connectivity index (χ1n) is 4.77. The van der Waals surface area contributed by atoms with E-state index < -0.39 is 0 Å². The minimum atomic E-state index is 0.773. The van der Waals surface area contributed by atoms with Crippen molar-refractivity contribution in [2.24, 2.45) is 0 Å². The van der Waals surface area contributed by atoms with Gasteiger partial charge >= 0.3 is 120 Å². The molecule has 0 aliphatic rings. The summed E-state index contributed by atoms with van der Waals surface area (Å²) in [6.45, 7) is 0. The van der Waals surface area contributed by atoms with E-state index in [2.05, 4.69) is 24.3 Å². The molecule has 0 fully saturated rings. The van der Waals surface area contributed by atoms with Crippen molar-refractivity contribution in [2.75, 3.05) is 0 Å². The van der Waals surface area contributed by atoms with Gasteiger partial charge in [-0.2, -0.15) is 0 Å². The first kappa shape index (κ1) is 12.2. The van der Waals surface area contributed by atoms with Crippen LogP contribution in [-0.2, 0) is 23.9 Å². The SMILES string of the molecule is Clc1ccc([C](=[Hf+2])c2ccc(Cl)cc2)cc1. The van der Waals surface area contributed by atoms with Crippen molar-refractivity contribution >= 4 is 26.5 Å². The molecule has 76 valence electrons. The van der Waals surface area contributed by atoms with Crippen LogP contribution in [0.4, 0.5) is 0 Å². The van der Waals surface area contributed by atoms with Crippen LogP contribution in [-0.4, -0.2) is 3.26 Å². The number of benzene rings is 2. The standard InChI is InChI=1S/C13H8Cl2.Hf/c14-12-5-1-10(2-6-12)9-11-3-7-13(15)8-4-11;/h1-8H;/q;+2. The molecule has 2 rings (SSSR count). The zero-order valence-electron chi connectivity index (χ0n) is 8.37. The molecule has 0 atom stereocenters. The van der Waals surface area contributed by atoms with Crippen LogP contribution in [0.2, 0.25) is 10.0 Å². The van der Waals surface area contributed by atoms with Crippen molar-refractivity contribution < 1.29 is 23.9 Å². The van der Waals surface area contributed by atoms with Gasteiger partial charge in [0.1, 0.15) is 0 Å². The molecule has 3 heteroatoms. The Hall–Kier alpha value is -0.240. The van der Waals surface area contributed by atoms with Gasteiger partial charge in [0.25, 0.3) is 0 Å². The fourth-order valence-electron chi connectivity index (χ4n) is 1.40. The molecule has 0 saturated heterocycles. The van der Waals surface area contributed by atoms with Crippen LogP contribution in [0.3, 0.4) is 0 Å². The van der Waals surface area contributed by atoms with Crippen LogP contribution in [0.15, 0.2) is 48.5 Å². The Morgan fingerprint density at radius 3 is 1.31 bits per heavy atom. The van der Waals surface area contributed by atoms with Gasteiger partial charge in [-0.3, -0.25) is 0 Å². The summed E-state index contributed by atoms with van der Waals surface area (Å²) in [5, 5.41) is 1.55. The van der Waals surface area contributed by atoms with Gasteiger partial charge in [0.05, 0.1) is 0 Å². The van der Waals surface area contributed by atoms with Crippen molar-refractivity contribution in [3.8, 4) is 0 Å². The van der Waals surface area contributed by atoms with Gasteiger partial charge in [0, 0.05) is 0 Å². The summed E-state index contributed by atoms with van der Waals surface area (Å²) >= 11 is 12.7. The van der Waals surface area contributed by atoms with Crippen molar-refractivity contribution in [3.63, 3.8) is 0 Å². The van der Waals surface area contributed by atoms with Crippen LogP contribution < -0.4 is 0 Å². The van der Waals surface area contributed by atoms with Gasteiger partial charge in [0.2, 0.25) is 0 Å². The number of halogens is 2. The average molecular weight is 414 g/mol. The van der Waals surface area contributed by atoms with E-state index in [1.165, 1.54) is 14.4 Å². The van der Waals surface area contributed by atoms with Crippen LogP contribution in [0.5, 0.6) is 0 Å². The van der Waals surface area contributed by atoms with E-state index in [9.17, 15) is 0 Å². The Kier molecular flexibility index (Phi) is 4.12. The molecule has 0 unspecified atom stereocenters. The number of rotatable bonds is 2. The predicted molar refractivity (Wildman–Crippen MR) is 66.1 cm³/mol. The molecular weight excluding hydrogens is 406 g/mol.